The van der Waals surface area contributed by atoms with Crippen LogP contribution >= 0.6 is 11.8 Å². The lowest BCUT2D eigenvalue weighted by Gasteiger charge is -2.39. The standard InChI is InChI=1S/C21H26N2O3S/c1-16(20(25)23(2)21(15-22)13-5-4-6-14-21)26-19(24)12-9-17-7-10-18(27-3)11-8-17/h7-12,16H,4-6,13-14H2,1-3H3/b12-9+/t16-/m0/s1. The number of hydrogen-bond donors (Lipinski definition) is 0. The van der Waals surface area contributed by atoms with Crippen LogP contribution in [0.4, 0.5) is 0 Å². The number of carbonyl (C=O) groups excluding carboxylic acids is 2. The summed E-state index contributed by atoms with van der Waals surface area (Å²) in [5, 5.41) is 9.61. The molecular formula is C21H26N2O3S. The van der Waals surface area contributed by atoms with E-state index in [0.29, 0.717) is 12.8 Å². The summed E-state index contributed by atoms with van der Waals surface area (Å²) >= 11 is 1.65. The molecule has 144 valence electrons. The number of benzene rings is 1. The number of hydrogen-bond acceptors (Lipinski definition) is 5. The van der Waals surface area contributed by atoms with Crippen LogP contribution in [0.15, 0.2) is 35.2 Å². The zero-order valence-corrected chi connectivity index (χ0v) is 16.9. The molecule has 0 heterocycles. The fourth-order valence-electron chi connectivity index (χ4n) is 3.29. The molecule has 0 aliphatic heterocycles. The predicted octanol–water partition coefficient (Wildman–Crippen LogP) is 4.04. The highest BCUT2D eigenvalue weighted by Crippen LogP contribution is 2.32. The van der Waals surface area contributed by atoms with Crippen LogP contribution < -0.4 is 0 Å². The highest BCUT2D eigenvalue weighted by molar-refractivity contribution is 7.98. The van der Waals surface area contributed by atoms with Crippen molar-refractivity contribution in [3.05, 3.63) is 35.9 Å². The highest BCUT2D eigenvalue weighted by Gasteiger charge is 2.40. The van der Waals surface area contributed by atoms with Crippen molar-refractivity contribution >= 4 is 29.7 Å². The first-order valence-electron chi connectivity index (χ1n) is 9.13. The minimum Gasteiger partial charge on any atom is -0.449 e. The van der Waals surface area contributed by atoms with Gasteiger partial charge in [-0.3, -0.25) is 4.79 Å². The van der Waals surface area contributed by atoms with Crippen LogP contribution in [0.3, 0.4) is 0 Å². The molecule has 2 rings (SSSR count). The van der Waals surface area contributed by atoms with Gasteiger partial charge in [0.25, 0.3) is 5.91 Å². The molecule has 1 aromatic rings. The maximum atomic E-state index is 12.7. The summed E-state index contributed by atoms with van der Waals surface area (Å²) in [6, 6.07) is 10.1. The van der Waals surface area contributed by atoms with Crippen LogP contribution in [0.25, 0.3) is 6.08 Å². The normalized spacial score (nSPS) is 17.1. The average Bonchev–Trinajstić information content (AvgIpc) is 2.71. The molecule has 6 heteroatoms. The monoisotopic (exact) mass is 386 g/mol. The number of rotatable bonds is 6. The molecule has 1 fully saturated rings. The van der Waals surface area contributed by atoms with E-state index >= 15 is 0 Å². The van der Waals surface area contributed by atoms with Gasteiger partial charge in [-0.05, 0) is 49.8 Å². The SMILES string of the molecule is CSc1ccc(/C=C/C(=O)O[C@@H](C)C(=O)N(C)C2(C#N)CCCCC2)cc1. The van der Waals surface area contributed by atoms with Gasteiger partial charge in [-0.1, -0.05) is 31.4 Å². The number of nitriles is 1. The second kappa shape index (κ2) is 9.61. The summed E-state index contributed by atoms with van der Waals surface area (Å²) in [6.07, 6.45) is 8.31. The largest absolute Gasteiger partial charge is 0.449 e. The Labute approximate surface area is 165 Å². The first-order valence-corrected chi connectivity index (χ1v) is 10.4. The van der Waals surface area contributed by atoms with Gasteiger partial charge in [0.2, 0.25) is 0 Å². The number of carbonyl (C=O) groups is 2. The Balaban J connectivity index is 1.95. The summed E-state index contributed by atoms with van der Waals surface area (Å²) in [4.78, 5) is 27.3. The Hall–Kier alpha value is -2.26. The summed E-state index contributed by atoms with van der Waals surface area (Å²) in [7, 11) is 1.63. The molecule has 0 aromatic heterocycles. The average molecular weight is 387 g/mol. The Morgan fingerprint density at radius 3 is 2.44 bits per heavy atom. The molecule has 1 amide bonds. The van der Waals surface area contributed by atoms with E-state index in [2.05, 4.69) is 6.07 Å². The fraction of sp³-hybridized carbons (Fsp3) is 0.476. The van der Waals surface area contributed by atoms with Gasteiger partial charge in [0.15, 0.2) is 6.10 Å². The molecule has 1 atom stereocenters. The number of thioether (sulfide) groups is 1. The van der Waals surface area contributed by atoms with Crippen LogP contribution in [0.2, 0.25) is 0 Å². The molecule has 0 N–H and O–H groups in total. The third-order valence-corrected chi connectivity index (χ3v) is 5.77. The molecule has 1 aliphatic carbocycles. The van der Waals surface area contributed by atoms with Gasteiger partial charge < -0.3 is 9.64 Å². The van der Waals surface area contributed by atoms with Gasteiger partial charge in [0.05, 0.1) is 6.07 Å². The first-order chi connectivity index (χ1) is 12.9. The zero-order valence-electron chi connectivity index (χ0n) is 16.1. The second-order valence-corrected chi connectivity index (χ2v) is 7.67. The highest BCUT2D eigenvalue weighted by atomic mass is 32.2. The Kier molecular flexibility index (Phi) is 7.49. The van der Waals surface area contributed by atoms with Crippen LogP contribution in [0.5, 0.6) is 0 Å². The zero-order chi connectivity index (χ0) is 19.9. The number of nitrogens with zero attached hydrogens (tertiary/aromatic N) is 2. The molecule has 0 saturated heterocycles. The van der Waals surface area contributed by atoms with E-state index in [1.54, 1.807) is 31.8 Å². The quantitative estimate of drug-likeness (QED) is 0.419. The molecule has 1 saturated carbocycles. The van der Waals surface area contributed by atoms with E-state index in [0.717, 1.165) is 29.7 Å². The first kappa shape index (κ1) is 21.0. The Bertz CT molecular complexity index is 731. The number of amides is 1. The molecule has 0 spiro atoms. The van der Waals surface area contributed by atoms with E-state index in [-0.39, 0.29) is 5.91 Å². The number of ether oxygens (including phenoxy) is 1. The minimum absolute atomic E-state index is 0.343. The smallest absolute Gasteiger partial charge is 0.331 e. The van der Waals surface area contributed by atoms with Crippen molar-refractivity contribution in [1.29, 1.82) is 5.26 Å². The van der Waals surface area contributed by atoms with Gasteiger partial charge in [0, 0.05) is 18.0 Å². The van der Waals surface area contributed by atoms with Gasteiger partial charge >= 0.3 is 5.97 Å². The molecule has 0 radical (unpaired) electrons. The van der Waals surface area contributed by atoms with Crippen LogP contribution in [-0.4, -0.2) is 41.7 Å². The van der Waals surface area contributed by atoms with Crippen molar-refractivity contribution in [3.8, 4) is 6.07 Å². The topological polar surface area (TPSA) is 70.4 Å². The lowest BCUT2D eigenvalue weighted by molar-refractivity contribution is -0.157. The molecule has 1 aliphatic rings. The van der Waals surface area contributed by atoms with Crippen molar-refractivity contribution in [2.24, 2.45) is 0 Å². The van der Waals surface area contributed by atoms with E-state index < -0.39 is 17.6 Å². The van der Waals surface area contributed by atoms with Crippen LogP contribution in [0, 0.1) is 11.3 Å². The summed E-state index contributed by atoms with van der Waals surface area (Å²) in [5.74, 6) is -0.919. The predicted molar refractivity (Wildman–Crippen MR) is 107 cm³/mol. The molecular weight excluding hydrogens is 360 g/mol. The molecule has 27 heavy (non-hydrogen) atoms. The lowest BCUT2D eigenvalue weighted by Crippen LogP contribution is -2.53. The van der Waals surface area contributed by atoms with E-state index in [1.807, 2.05) is 30.5 Å². The minimum atomic E-state index is -0.932. The van der Waals surface area contributed by atoms with Crippen molar-refractivity contribution in [2.75, 3.05) is 13.3 Å². The third-order valence-electron chi connectivity index (χ3n) is 5.03. The van der Waals surface area contributed by atoms with Gasteiger partial charge in [-0.25, -0.2) is 4.79 Å². The molecule has 5 nitrogen and oxygen atoms in total. The summed E-state index contributed by atoms with van der Waals surface area (Å²) < 4.78 is 5.25. The molecule has 0 bridgehead atoms. The van der Waals surface area contributed by atoms with Crippen molar-refractivity contribution in [2.45, 2.75) is 55.6 Å². The Morgan fingerprint density at radius 1 is 1.26 bits per heavy atom. The fourth-order valence-corrected chi connectivity index (χ4v) is 3.69. The molecule has 0 unspecified atom stereocenters. The van der Waals surface area contributed by atoms with Gasteiger partial charge in [0.1, 0.15) is 5.54 Å². The van der Waals surface area contributed by atoms with E-state index in [1.165, 1.54) is 11.0 Å². The van der Waals surface area contributed by atoms with Crippen molar-refractivity contribution < 1.29 is 14.3 Å². The number of esters is 1. The third kappa shape index (κ3) is 5.36. The van der Waals surface area contributed by atoms with Crippen LogP contribution in [-0.2, 0) is 14.3 Å². The maximum absolute atomic E-state index is 12.7. The van der Waals surface area contributed by atoms with E-state index in [4.69, 9.17) is 4.74 Å². The van der Waals surface area contributed by atoms with E-state index in [9.17, 15) is 14.9 Å². The summed E-state index contributed by atoms with van der Waals surface area (Å²) in [5.41, 5.74) is 0.0942. The van der Waals surface area contributed by atoms with Gasteiger partial charge in [-0.15, -0.1) is 11.8 Å². The van der Waals surface area contributed by atoms with Crippen molar-refractivity contribution in [3.63, 3.8) is 0 Å². The Morgan fingerprint density at radius 2 is 1.89 bits per heavy atom. The van der Waals surface area contributed by atoms with Gasteiger partial charge in [-0.2, -0.15) is 5.26 Å². The summed E-state index contributed by atoms with van der Waals surface area (Å²) in [6.45, 7) is 1.55. The maximum Gasteiger partial charge on any atom is 0.331 e. The molecule has 1 aromatic carbocycles. The van der Waals surface area contributed by atoms with Crippen molar-refractivity contribution in [1.82, 2.24) is 4.90 Å². The second-order valence-electron chi connectivity index (χ2n) is 6.79. The lowest BCUT2D eigenvalue weighted by atomic mass is 9.81. The van der Waals surface area contributed by atoms with Crippen LogP contribution in [0.1, 0.15) is 44.6 Å². The number of likely N-dealkylation sites (N-methyl/N-ethyl adjacent to an activating group) is 1.